The number of H-pyrrole nitrogens is 1. The summed E-state index contributed by atoms with van der Waals surface area (Å²) in [6.07, 6.45) is 0. The van der Waals surface area contributed by atoms with Crippen LogP contribution in [0.15, 0.2) is 88.8 Å². The average molecular weight is 403 g/mol. The predicted octanol–water partition coefficient (Wildman–Crippen LogP) is 4.28. The molecule has 0 unspecified atom stereocenters. The molecule has 0 spiro atoms. The number of para-hydroxylation sites is 2. The Morgan fingerprint density at radius 1 is 0.931 bits per heavy atom. The number of aromatic nitrogens is 2. The van der Waals surface area contributed by atoms with Gasteiger partial charge in [0.25, 0.3) is 5.56 Å². The molecule has 1 heterocycles. The van der Waals surface area contributed by atoms with Crippen molar-refractivity contribution in [3.63, 3.8) is 0 Å². The van der Waals surface area contributed by atoms with Crippen molar-refractivity contribution in [3.05, 3.63) is 105 Å². The van der Waals surface area contributed by atoms with Crippen LogP contribution in [0.4, 0.5) is 5.69 Å². The summed E-state index contributed by atoms with van der Waals surface area (Å²) in [5, 5.41) is 4.81. The molecule has 0 aliphatic heterocycles. The monoisotopic (exact) mass is 402 g/mol. The smallest absolute Gasteiger partial charge is 0.276 e. The van der Waals surface area contributed by atoms with Crippen molar-refractivity contribution in [2.24, 2.45) is 5.10 Å². The third-order valence-corrected chi connectivity index (χ3v) is 4.47. The maximum atomic E-state index is 13.1. The first-order valence-electron chi connectivity index (χ1n) is 8.80. The van der Waals surface area contributed by atoms with Gasteiger partial charge in [0.2, 0.25) is 5.78 Å². The van der Waals surface area contributed by atoms with Crippen molar-refractivity contribution >= 4 is 39.8 Å². The first-order chi connectivity index (χ1) is 14.1. The van der Waals surface area contributed by atoms with Gasteiger partial charge < -0.3 is 4.98 Å². The van der Waals surface area contributed by atoms with Crippen LogP contribution >= 0.6 is 11.6 Å². The van der Waals surface area contributed by atoms with Crippen molar-refractivity contribution in [2.75, 3.05) is 5.43 Å². The summed E-state index contributed by atoms with van der Waals surface area (Å²) < 4.78 is 0. The lowest BCUT2D eigenvalue weighted by atomic mass is 10.0. The van der Waals surface area contributed by atoms with E-state index in [2.05, 4.69) is 20.5 Å². The van der Waals surface area contributed by atoms with Crippen LogP contribution < -0.4 is 11.0 Å². The van der Waals surface area contributed by atoms with Gasteiger partial charge in [-0.2, -0.15) is 5.10 Å². The van der Waals surface area contributed by atoms with E-state index in [9.17, 15) is 9.59 Å². The molecular weight excluding hydrogens is 388 g/mol. The number of aromatic amines is 1. The second kappa shape index (κ2) is 8.08. The first kappa shape index (κ1) is 18.6. The fourth-order valence-corrected chi connectivity index (χ4v) is 2.90. The fraction of sp³-hybridized carbons (Fsp3) is 0. The molecule has 4 rings (SSSR count). The molecule has 0 saturated heterocycles. The number of halogens is 1. The Balaban J connectivity index is 1.82. The minimum absolute atomic E-state index is 0.0565. The van der Waals surface area contributed by atoms with Gasteiger partial charge in [-0.05, 0) is 36.4 Å². The number of fused-ring (bicyclic) bond motifs is 1. The Hall–Kier alpha value is -3.77. The molecule has 0 radical (unpaired) electrons. The van der Waals surface area contributed by atoms with E-state index in [1.807, 2.05) is 0 Å². The van der Waals surface area contributed by atoms with Gasteiger partial charge in [0.1, 0.15) is 0 Å². The minimum atomic E-state index is -0.496. The van der Waals surface area contributed by atoms with Crippen LogP contribution in [0.25, 0.3) is 11.0 Å². The molecule has 3 aromatic carbocycles. The molecule has 0 bridgehead atoms. The highest BCUT2D eigenvalue weighted by atomic mass is 35.5. The number of ketones is 1. The van der Waals surface area contributed by atoms with E-state index in [0.717, 1.165) is 0 Å². The van der Waals surface area contributed by atoms with E-state index in [-0.39, 0.29) is 11.4 Å². The Bertz CT molecular complexity index is 1270. The standard InChI is InChI=1S/C22H15ClN4O2/c23-15-10-12-16(13-11-15)26-27-19(21(28)14-6-2-1-3-7-14)20-22(29)25-18-9-5-4-8-17(18)24-20/h1-13,26H,(H,25,29)/b27-19-. The Morgan fingerprint density at radius 2 is 1.62 bits per heavy atom. The summed E-state index contributed by atoms with van der Waals surface area (Å²) >= 11 is 5.90. The van der Waals surface area contributed by atoms with Crippen LogP contribution in [0.2, 0.25) is 5.02 Å². The van der Waals surface area contributed by atoms with Gasteiger partial charge >= 0.3 is 0 Å². The van der Waals surface area contributed by atoms with E-state index in [4.69, 9.17) is 11.6 Å². The molecule has 0 amide bonds. The molecule has 142 valence electrons. The van der Waals surface area contributed by atoms with E-state index in [0.29, 0.717) is 27.3 Å². The number of anilines is 1. The molecule has 0 fully saturated rings. The number of carbonyl (C=O) groups is 1. The molecule has 1 aromatic heterocycles. The summed E-state index contributed by atoms with van der Waals surface area (Å²) in [5.41, 5.74) is 4.33. The van der Waals surface area contributed by atoms with Crippen LogP contribution in [0.3, 0.4) is 0 Å². The molecule has 0 aliphatic rings. The number of nitrogens with zero attached hydrogens (tertiary/aromatic N) is 2. The highest BCUT2D eigenvalue weighted by molar-refractivity contribution is 6.51. The molecule has 7 heteroatoms. The number of nitrogens with one attached hydrogen (secondary N) is 2. The molecule has 0 aliphatic carbocycles. The van der Waals surface area contributed by atoms with Crippen molar-refractivity contribution < 1.29 is 4.79 Å². The third-order valence-electron chi connectivity index (χ3n) is 4.22. The highest BCUT2D eigenvalue weighted by Crippen LogP contribution is 2.14. The van der Waals surface area contributed by atoms with Crippen molar-refractivity contribution in [1.82, 2.24) is 9.97 Å². The summed E-state index contributed by atoms with van der Waals surface area (Å²) in [4.78, 5) is 32.9. The van der Waals surface area contributed by atoms with Gasteiger partial charge in [-0.3, -0.25) is 15.0 Å². The second-order valence-corrected chi connectivity index (χ2v) is 6.64. The van der Waals surface area contributed by atoms with Gasteiger partial charge in [0.15, 0.2) is 11.4 Å². The van der Waals surface area contributed by atoms with Crippen LogP contribution in [0.1, 0.15) is 16.1 Å². The normalized spacial score (nSPS) is 11.4. The van der Waals surface area contributed by atoms with Gasteiger partial charge in [0, 0.05) is 10.6 Å². The van der Waals surface area contributed by atoms with Gasteiger partial charge in [-0.25, -0.2) is 4.98 Å². The summed E-state index contributed by atoms with van der Waals surface area (Å²) in [5.74, 6) is -0.416. The highest BCUT2D eigenvalue weighted by Gasteiger charge is 2.21. The van der Waals surface area contributed by atoms with Gasteiger partial charge in [0.05, 0.1) is 16.7 Å². The molecule has 2 N–H and O–H groups in total. The largest absolute Gasteiger partial charge is 0.319 e. The van der Waals surface area contributed by atoms with Crippen LogP contribution in [-0.4, -0.2) is 21.5 Å². The Kier molecular flexibility index (Phi) is 5.18. The van der Waals surface area contributed by atoms with Crippen LogP contribution in [-0.2, 0) is 0 Å². The summed E-state index contributed by atoms with van der Waals surface area (Å²) in [6.45, 7) is 0. The first-order valence-corrected chi connectivity index (χ1v) is 9.18. The van der Waals surface area contributed by atoms with E-state index >= 15 is 0 Å². The Morgan fingerprint density at radius 3 is 2.38 bits per heavy atom. The number of Topliss-reactive ketones (excluding diaryl/α,β-unsaturated/α-hetero) is 1. The number of hydrogen-bond acceptors (Lipinski definition) is 5. The number of hydrazone groups is 1. The van der Waals surface area contributed by atoms with Gasteiger partial charge in [-0.1, -0.05) is 54.1 Å². The van der Waals surface area contributed by atoms with Crippen LogP contribution in [0, 0.1) is 0 Å². The lowest BCUT2D eigenvalue weighted by Crippen LogP contribution is -2.27. The van der Waals surface area contributed by atoms with E-state index in [1.54, 1.807) is 78.9 Å². The van der Waals surface area contributed by atoms with Crippen LogP contribution in [0.5, 0.6) is 0 Å². The number of benzene rings is 3. The van der Waals surface area contributed by atoms with Crippen molar-refractivity contribution in [2.45, 2.75) is 0 Å². The molecule has 0 atom stereocenters. The maximum absolute atomic E-state index is 13.1. The predicted molar refractivity (Wildman–Crippen MR) is 115 cm³/mol. The zero-order valence-electron chi connectivity index (χ0n) is 15.1. The van der Waals surface area contributed by atoms with E-state index < -0.39 is 11.3 Å². The molecular formula is C22H15ClN4O2. The number of carbonyl (C=O) groups excluding carboxylic acids is 1. The summed E-state index contributed by atoms with van der Waals surface area (Å²) in [7, 11) is 0. The topological polar surface area (TPSA) is 87.2 Å². The lowest BCUT2D eigenvalue weighted by molar-refractivity contribution is 0.106. The quantitative estimate of drug-likeness (QED) is 0.296. The van der Waals surface area contributed by atoms with Crippen molar-refractivity contribution in [3.8, 4) is 0 Å². The molecule has 6 nitrogen and oxygen atoms in total. The van der Waals surface area contributed by atoms with Gasteiger partial charge in [-0.15, -0.1) is 0 Å². The molecule has 0 saturated carbocycles. The zero-order valence-corrected chi connectivity index (χ0v) is 15.9. The lowest BCUT2D eigenvalue weighted by Gasteiger charge is -2.08. The van der Waals surface area contributed by atoms with E-state index in [1.165, 1.54) is 0 Å². The maximum Gasteiger partial charge on any atom is 0.276 e. The third kappa shape index (κ3) is 4.07. The fourth-order valence-electron chi connectivity index (χ4n) is 2.77. The average Bonchev–Trinajstić information content (AvgIpc) is 2.76. The Labute approximate surface area is 170 Å². The van der Waals surface area contributed by atoms with Crippen molar-refractivity contribution in [1.29, 1.82) is 0 Å². The summed E-state index contributed by atoms with van der Waals surface area (Å²) in [6, 6.07) is 22.5. The zero-order chi connectivity index (χ0) is 20.2. The molecule has 29 heavy (non-hydrogen) atoms. The second-order valence-electron chi connectivity index (χ2n) is 6.21. The number of rotatable bonds is 5. The minimum Gasteiger partial charge on any atom is -0.319 e. The molecule has 4 aromatic rings. The SMILES string of the molecule is O=C(/C(=N\Nc1ccc(Cl)cc1)c1nc2ccccc2[nH]c1=O)c1ccccc1. The number of hydrogen-bond donors (Lipinski definition) is 2.